The average molecular weight is 308 g/mol. The quantitative estimate of drug-likeness (QED) is 0.746. The zero-order valence-electron chi connectivity index (χ0n) is 13.9. The second-order valence-corrected chi connectivity index (χ2v) is 7.84. The van der Waals surface area contributed by atoms with E-state index in [2.05, 4.69) is 17.6 Å². The molecule has 1 heterocycles. The van der Waals surface area contributed by atoms with Gasteiger partial charge in [0.2, 0.25) is 5.91 Å². The van der Waals surface area contributed by atoms with Crippen molar-refractivity contribution in [1.29, 1.82) is 0 Å². The molecule has 2 saturated carbocycles. The van der Waals surface area contributed by atoms with Crippen LogP contribution in [0.3, 0.4) is 0 Å². The molecule has 3 fully saturated rings. The molecule has 4 unspecified atom stereocenters. The van der Waals surface area contributed by atoms with Crippen LogP contribution >= 0.6 is 0 Å². The molecule has 0 aromatic heterocycles. The zero-order valence-corrected chi connectivity index (χ0v) is 13.9. The van der Waals surface area contributed by atoms with E-state index in [1.807, 2.05) is 0 Å². The van der Waals surface area contributed by atoms with Crippen LogP contribution < -0.4 is 10.6 Å². The highest BCUT2D eigenvalue weighted by molar-refractivity contribution is 5.82. The van der Waals surface area contributed by atoms with Gasteiger partial charge in [0.25, 0.3) is 0 Å². The summed E-state index contributed by atoms with van der Waals surface area (Å²) in [4.78, 5) is 12.6. The van der Waals surface area contributed by atoms with E-state index < -0.39 is 0 Å². The largest absolute Gasteiger partial charge is 0.394 e. The van der Waals surface area contributed by atoms with Gasteiger partial charge in [-0.05, 0) is 49.9 Å². The predicted octanol–water partition coefficient (Wildman–Crippen LogP) is 2.21. The van der Waals surface area contributed by atoms with Crippen molar-refractivity contribution in [2.24, 2.45) is 17.8 Å². The molecule has 0 aromatic carbocycles. The van der Waals surface area contributed by atoms with Crippen molar-refractivity contribution in [3.05, 3.63) is 0 Å². The second kappa shape index (κ2) is 7.31. The van der Waals surface area contributed by atoms with E-state index in [4.69, 9.17) is 0 Å². The molecular weight excluding hydrogens is 276 g/mol. The number of nitrogens with one attached hydrogen (secondary N) is 2. The lowest BCUT2D eigenvalue weighted by Gasteiger charge is -2.31. The molecule has 22 heavy (non-hydrogen) atoms. The average Bonchev–Trinajstić information content (AvgIpc) is 2.99. The van der Waals surface area contributed by atoms with E-state index in [9.17, 15) is 9.90 Å². The summed E-state index contributed by atoms with van der Waals surface area (Å²) in [5, 5.41) is 16.4. The van der Waals surface area contributed by atoms with Crippen molar-refractivity contribution < 1.29 is 9.90 Å². The van der Waals surface area contributed by atoms with Crippen LogP contribution in [0, 0.1) is 17.8 Å². The Labute approximate surface area is 134 Å². The highest BCUT2D eigenvalue weighted by Gasteiger charge is 2.41. The van der Waals surface area contributed by atoms with Gasteiger partial charge in [0.1, 0.15) is 0 Å². The van der Waals surface area contributed by atoms with Gasteiger partial charge in [-0.25, -0.2) is 0 Å². The van der Waals surface area contributed by atoms with E-state index in [-0.39, 0.29) is 24.6 Å². The van der Waals surface area contributed by atoms with Gasteiger partial charge >= 0.3 is 0 Å². The minimum atomic E-state index is -0.0480. The fraction of sp³-hybridized carbons (Fsp3) is 0.944. The molecule has 1 aliphatic heterocycles. The molecule has 1 saturated heterocycles. The first-order valence-electron chi connectivity index (χ1n) is 9.36. The molecule has 0 bridgehead atoms. The van der Waals surface area contributed by atoms with Gasteiger partial charge in [-0.3, -0.25) is 4.79 Å². The molecule has 126 valence electrons. The first kappa shape index (κ1) is 16.3. The summed E-state index contributed by atoms with van der Waals surface area (Å²) in [6.45, 7) is 2.38. The molecule has 1 amide bonds. The van der Waals surface area contributed by atoms with Crippen LogP contribution in [-0.4, -0.2) is 35.7 Å². The summed E-state index contributed by atoms with van der Waals surface area (Å²) in [6.07, 6.45) is 10.9. The number of rotatable bonds is 4. The van der Waals surface area contributed by atoms with Crippen molar-refractivity contribution in [2.45, 2.75) is 82.8 Å². The Morgan fingerprint density at radius 3 is 2.64 bits per heavy atom. The topological polar surface area (TPSA) is 61.4 Å². The Bertz CT molecular complexity index is 381. The predicted molar refractivity (Wildman–Crippen MR) is 87.4 cm³/mol. The number of hydrogen-bond acceptors (Lipinski definition) is 3. The minimum absolute atomic E-state index is 0.0466. The summed E-state index contributed by atoms with van der Waals surface area (Å²) in [5.41, 5.74) is 0. The standard InChI is InChI=1S/C18H32N2O2/c1-12-6-5-9-14-10-15(19-17(12)14)18(22)20-16(11-21)13-7-3-2-4-8-13/h12-17,19,21H,2-11H2,1H3,(H,20,22)/t12?,14?,15?,16-,17?/m0/s1. The van der Waals surface area contributed by atoms with Gasteiger partial charge in [0.15, 0.2) is 0 Å². The molecule has 2 aliphatic carbocycles. The maximum Gasteiger partial charge on any atom is 0.237 e. The monoisotopic (exact) mass is 308 g/mol. The van der Waals surface area contributed by atoms with Crippen molar-refractivity contribution in [1.82, 2.24) is 10.6 Å². The second-order valence-electron chi connectivity index (χ2n) is 7.84. The third-order valence-corrected chi connectivity index (χ3v) is 6.35. The molecule has 3 aliphatic rings. The Morgan fingerprint density at radius 2 is 1.95 bits per heavy atom. The van der Waals surface area contributed by atoms with E-state index in [0.717, 1.165) is 19.3 Å². The maximum absolute atomic E-state index is 12.6. The zero-order chi connectivity index (χ0) is 15.5. The summed E-state index contributed by atoms with van der Waals surface area (Å²) < 4.78 is 0. The smallest absolute Gasteiger partial charge is 0.237 e. The molecule has 3 N–H and O–H groups in total. The van der Waals surface area contributed by atoms with E-state index >= 15 is 0 Å². The highest BCUT2D eigenvalue weighted by Crippen LogP contribution is 2.36. The van der Waals surface area contributed by atoms with Gasteiger partial charge in [-0.15, -0.1) is 0 Å². The molecule has 5 atom stereocenters. The number of aliphatic hydroxyl groups is 1. The number of carbonyl (C=O) groups is 1. The molecule has 0 radical (unpaired) electrons. The Kier molecular flexibility index (Phi) is 5.40. The SMILES string of the molecule is CC1CCCC2CC(C(=O)N[C@@H](CO)C3CCCCC3)NC12. The van der Waals surface area contributed by atoms with Crippen LogP contribution in [0.4, 0.5) is 0 Å². The number of fused-ring (bicyclic) bond motifs is 1. The van der Waals surface area contributed by atoms with Crippen molar-refractivity contribution >= 4 is 5.91 Å². The van der Waals surface area contributed by atoms with Crippen LogP contribution in [0.5, 0.6) is 0 Å². The first-order chi connectivity index (χ1) is 10.7. The van der Waals surface area contributed by atoms with Crippen LogP contribution in [0.15, 0.2) is 0 Å². The minimum Gasteiger partial charge on any atom is -0.394 e. The number of amides is 1. The lowest BCUT2D eigenvalue weighted by atomic mass is 9.78. The third-order valence-electron chi connectivity index (χ3n) is 6.35. The summed E-state index contributed by atoms with van der Waals surface area (Å²) in [6, 6.07) is 0.426. The number of aliphatic hydroxyl groups excluding tert-OH is 1. The van der Waals surface area contributed by atoms with E-state index in [1.165, 1.54) is 38.5 Å². The van der Waals surface area contributed by atoms with Crippen LogP contribution in [-0.2, 0) is 4.79 Å². The van der Waals surface area contributed by atoms with Gasteiger partial charge < -0.3 is 15.7 Å². The van der Waals surface area contributed by atoms with Gasteiger partial charge in [-0.2, -0.15) is 0 Å². The molecule has 0 spiro atoms. The highest BCUT2D eigenvalue weighted by atomic mass is 16.3. The molecule has 0 aromatic rings. The number of carbonyl (C=O) groups excluding carboxylic acids is 1. The van der Waals surface area contributed by atoms with Crippen molar-refractivity contribution in [2.75, 3.05) is 6.61 Å². The summed E-state index contributed by atoms with van der Waals surface area (Å²) >= 11 is 0. The Balaban J connectivity index is 1.54. The van der Waals surface area contributed by atoms with Crippen molar-refractivity contribution in [3.8, 4) is 0 Å². The van der Waals surface area contributed by atoms with E-state index in [0.29, 0.717) is 23.8 Å². The lowest BCUT2D eigenvalue weighted by Crippen LogP contribution is -2.51. The normalized spacial score (nSPS) is 37.5. The molecule has 3 rings (SSSR count). The van der Waals surface area contributed by atoms with Crippen LogP contribution in [0.1, 0.15) is 64.7 Å². The molecule has 4 heteroatoms. The fourth-order valence-electron chi connectivity index (χ4n) is 5.01. The van der Waals surface area contributed by atoms with Crippen molar-refractivity contribution in [3.63, 3.8) is 0 Å². The third kappa shape index (κ3) is 3.48. The summed E-state index contributed by atoms with van der Waals surface area (Å²) in [7, 11) is 0. The Morgan fingerprint density at radius 1 is 1.18 bits per heavy atom. The van der Waals surface area contributed by atoms with Crippen LogP contribution in [0.25, 0.3) is 0 Å². The lowest BCUT2D eigenvalue weighted by molar-refractivity contribution is -0.124. The van der Waals surface area contributed by atoms with Gasteiger partial charge in [0.05, 0.1) is 18.7 Å². The Hall–Kier alpha value is -0.610. The fourth-order valence-corrected chi connectivity index (χ4v) is 5.01. The van der Waals surface area contributed by atoms with Gasteiger partial charge in [-0.1, -0.05) is 32.6 Å². The van der Waals surface area contributed by atoms with Crippen LogP contribution in [0.2, 0.25) is 0 Å². The maximum atomic E-state index is 12.6. The van der Waals surface area contributed by atoms with Gasteiger partial charge in [0, 0.05) is 6.04 Å². The first-order valence-corrected chi connectivity index (χ1v) is 9.36. The molecule has 4 nitrogen and oxygen atoms in total. The van der Waals surface area contributed by atoms with E-state index in [1.54, 1.807) is 0 Å². The number of hydrogen-bond donors (Lipinski definition) is 3. The summed E-state index contributed by atoms with van der Waals surface area (Å²) in [5.74, 6) is 1.93. The molecular formula is C18H32N2O2.